The molecule has 0 spiro atoms. The van der Waals surface area contributed by atoms with Crippen LogP contribution in [0, 0.1) is 5.82 Å². The fourth-order valence-corrected chi connectivity index (χ4v) is 2.61. The zero-order valence-corrected chi connectivity index (χ0v) is 13.2. The zero-order valence-electron chi connectivity index (χ0n) is 11.6. The van der Waals surface area contributed by atoms with Gasteiger partial charge in [0, 0.05) is 29.8 Å². The van der Waals surface area contributed by atoms with E-state index in [4.69, 9.17) is 0 Å². The van der Waals surface area contributed by atoms with Gasteiger partial charge >= 0.3 is 0 Å². The van der Waals surface area contributed by atoms with Gasteiger partial charge in [-0.2, -0.15) is 0 Å². The van der Waals surface area contributed by atoms with Gasteiger partial charge < -0.3 is 9.72 Å². The van der Waals surface area contributed by atoms with Crippen molar-refractivity contribution in [3.63, 3.8) is 0 Å². The average Bonchev–Trinajstić information content (AvgIpc) is 2.92. The minimum atomic E-state index is -0.436. The number of fused-ring (bicyclic) bond motifs is 1. The number of hydrogen-bond acceptors (Lipinski definition) is 2. The first-order chi connectivity index (χ1) is 10.6. The number of carbonyl (C=O) groups excluding carboxylic acids is 1. The Balaban J connectivity index is 1.62. The van der Waals surface area contributed by atoms with Crippen molar-refractivity contribution in [2.75, 3.05) is 6.54 Å². The Morgan fingerprint density at radius 3 is 3.00 bits per heavy atom. The molecule has 0 bridgehead atoms. The van der Waals surface area contributed by atoms with Crippen LogP contribution in [0.3, 0.4) is 0 Å². The number of nitrogens with zero attached hydrogens (tertiary/aromatic N) is 2. The summed E-state index contributed by atoms with van der Waals surface area (Å²) in [6.45, 7) is 0.436. The lowest BCUT2D eigenvalue weighted by molar-refractivity contribution is 0.0953. The molecule has 3 rings (SSSR count). The number of pyridine rings is 1. The Bertz CT molecular complexity index is 798. The third-order valence-electron chi connectivity index (χ3n) is 3.25. The van der Waals surface area contributed by atoms with Gasteiger partial charge in [-0.3, -0.25) is 4.79 Å². The van der Waals surface area contributed by atoms with E-state index in [-0.39, 0.29) is 11.5 Å². The Labute approximate surface area is 135 Å². The molecule has 4 nitrogen and oxygen atoms in total. The number of hydrogen-bond donors (Lipinski definition) is 1. The van der Waals surface area contributed by atoms with E-state index in [9.17, 15) is 9.18 Å². The monoisotopic (exact) mass is 361 g/mol. The maximum atomic E-state index is 13.2. The van der Waals surface area contributed by atoms with Gasteiger partial charge in [-0.1, -0.05) is 6.07 Å². The highest BCUT2D eigenvalue weighted by molar-refractivity contribution is 9.10. The fraction of sp³-hybridized carbons (Fsp3) is 0.125. The van der Waals surface area contributed by atoms with Gasteiger partial charge in [0.1, 0.15) is 11.5 Å². The van der Waals surface area contributed by atoms with E-state index in [0.717, 1.165) is 11.3 Å². The SMILES string of the molecule is O=C(NCCc1cn2ccccc2n1)c1cc(F)ccc1Br. The van der Waals surface area contributed by atoms with Crippen molar-refractivity contribution in [1.82, 2.24) is 14.7 Å². The molecule has 0 aliphatic rings. The second-order valence-electron chi connectivity index (χ2n) is 4.83. The van der Waals surface area contributed by atoms with Gasteiger partial charge in [0.25, 0.3) is 5.91 Å². The van der Waals surface area contributed by atoms with Gasteiger partial charge in [0.05, 0.1) is 11.3 Å². The second-order valence-corrected chi connectivity index (χ2v) is 5.68. The van der Waals surface area contributed by atoms with E-state index < -0.39 is 5.82 Å². The molecule has 112 valence electrons. The highest BCUT2D eigenvalue weighted by Crippen LogP contribution is 2.17. The quantitative estimate of drug-likeness (QED) is 0.775. The number of aromatic nitrogens is 2. The van der Waals surface area contributed by atoms with E-state index >= 15 is 0 Å². The molecule has 1 aromatic carbocycles. The first kappa shape index (κ1) is 14.7. The maximum Gasteiger partial charge on any atom is 0.252 e. The minimum absolute atomic E-state index is 0.287. The first-order valence-electron chi connectivity index (χ1n) is 6.79. The fourth-order valence-electron chi connectivity index (χ4n) is 2.18. The molecule has 0 aliphatic carbocycles. The first-order valence-corrected chi connectivity index (χ1v) is 7.58. The largest absolute Gasteiger partial charge is 0.352 e. The van der Waals surface area contributed by atoms with Gasteiger partial charge in [-0.25, -0.2) is 9.37 Å². The zero-order chi connectivity index (χ0) is 15.5. The second kappa shape index (κ2) is 6.27. The van der Waals surface area contributed by atoms with Crippen molar-refractivity contribution in [3.05, 3.63) is 70.3 Å². The molecule has 1 N–H and O–H groups in total. The molecule has 0 radical (unpaired) electrons. The molecule has 0 atom stereocenters. The summed E-state index contributed by atoms with van der Waals surface area (Å²) in [7, 11) is 0. The molecule has 0 aliphatic heterocycles. The predicted octanol–water partition coefficient (Wildman–Crippen LogP) is 3.21. The molecule has 2 aromatic heterocycles. The van der Waals surface area contributed by atoms with Crippen LogP contribution in [0.2, 0.25) is 0 Å². The molecule has 2 heterocycles. The number of nitrogens with one attached hydrogen (secondary N) is 1. The predicted molar refractivity (Wildman–Crippen MR) is 85.3 cm³/mol. The number of halogens is 2. The molecular weight excluding hydrogens is 349 g/mol. The van der Waals surface area contributed by atoms with E-state index in [0.29, 0.717) is 17.4 Å². The molecule has 0 unspecified atom stereocenters. The Morgan fingerprint density at radius 1 is 1.32 bits per heavy atom. The van der Waals surface area contributed by atoms with Crippen LogP contribution in [-0.4, -0.2) is 21.8 Å². The average molecular weight is 362 g/mol. The molecule has 0 saturated heterocycles. The lowest BCUT2D eigenvalue weighted by Crippen LogP contribution is -2.26. The van der Waals surface area contributed by atoms with E-state index in [1.807, 2.05) is 35.0 Å². The van der Waals surface area contributed by atoms with Crippen LogP contribution in [0.1, 0.15) is 16.1 Å². The molecular formula is C16H13BrFN3O. The Hall–Kier alpha value is -2.21. The van der Waals surface area contributed by atoms with Gasteiger partial charge in [-0.05, 0) is 46.3 Å². The van der Waals surface area contributed by atoms with Crippen molar-refractivity contribution in [1.29, 1.82) is 0 Å². The summed E-state index contributed by atoms with van der Waals surface area (Å²) in [5.74, 6) is -0.746. The highest BCUT2D eigenvalue weighted by Gasteiger charge is 2.11. The molecule has 1 amide bonds. The minimum Gasteiger partial charge on any atom is -0.352 e. The van der Waals surface area contributed by atoms with Gasteiger partial charge in [0.15, 0.2) is 0 Å². The number of rotatable bonds is 4. The van der Waals surface area contributed by atoms with E-state index in [1.165, 1.54) is 18.2 Å². The number of imidazole rings is 1. The van der Waals surface area contributed by atoms with Crippen molar-refractivity contribution in [2.45, 2.75) is 6.42 Å². The molecule has 0 saturated carbocycles. The normalized spacial score (nSPS) is 10.8. The topological polar surface area (TPSA) is 46.4 Å². The summed E-state index contributed by atoms with van der Waals surface area (Å²) in [5.41, 5.74) is 2.05. The van der Waals surface area contributed by atoms with Crippen LogP contribution in [0.25, 0.3) is 5.65 Å². The van der Waals surface area contributed by atoms with Gasteiger partial charge in [-0.15, -0.1) is 0 Å². The number of amides is 1. The van der Waals surface area contributed by atoms with E-state index in [1.54, 1.807) is 0 Å². The van der Waals surface area contributed by atoms with Crippen molar-refractivity contribution in [3.8, 4) is 0 Å². The summed E-state index contributed by atoms with van der Waals surface area (Å²) in [5, 5.41) is 2.77. The van der Waals surface area contributed by atoms with E-state index in [2.05, 4.69) is 26.2 Å². The lowest BCUT2D eigenvalue weighted by Gasteiger charge is -2.06. The molecule has 22 heavy (non-hydrogen) atoms. The van der Waals surface area contributed by atoms with Crippen LogP contribution in [0.5, 0.6) is 0 Å². The molecule has 3 aromatic rings. The van der Waals surface area contributed by atoms with Crippen LogP contribution < -0.4 is 5.32 Å². The summed E-state index contributed by atoms with van der Waals surface area (Å²) in [4.78, 5) is 16.5. The number of benzene rings is 1. The summed E-state index contributed by atoms with van der Waals surface area (Å²) < 4.78 is 15.7. The van der Waals surface area contributed by atoms with Crippen LogP contribution in [-0.2, 0) is 6.42 Å². The lowest BCUT2D eigenvalue weighted by atomic mass is 10.2. The molecule has 0 fully saturated rings. The van der Waals surface area contributed by atoms with Crippen LogP contribution >= 0.6 is 15.9 Å². The maximum absolute atomic E-state index is 13.2. The summed E-state index contributed by atoms with van der Waals surface area (Å²) >= 11 is 3.25. The van der Waals surface area contributed by atoms with Gasteiger partial charge in [0.2, 0.25) is 0 Å². The smallest absolute Gasteiger partial charge is 0.252 e. The third-order valence-corrected chi connectivity index (χ3v) is 3.95. The Morgan fingerprint density at radius 2 is 2.18 bits per heavy atom. The standard InChI is InChI=1S/C16H13BrFN3O/c17-14-5-4-11(18)9-13(14)16(22)19-7-6-12-10-21-8-2-1-3-15(21)20-12/h1-5,8-10H,6-7H2,(H,19,22). The molecule has 6 heteroatoms. The van der Waals surface area contributed by atoms with Crippen molar-refractivity contribution < 1.29 is 9.18 Å². The summed E-state index contributed by atoms with van der Waals surface area (Å²) in [6.07, 6.45) is 4.47. The van der Waals surface area contributed by atoms with Crippen LogP contribution in [0.15, 0.2) is 53.3 Å². The van der Waals surface area contributed by atoms with Crippen molar-refractivity contribution in [2.24, 2.45) is 0 Å². The van der Waals surface area contributed by atoms with Crippen LogP contribution in [0.4, 0.5) is 4.39 Å². The van der Waals surface area contributed by atoms with Crippen molar-refractivity contribution >= 4 is 27.5 Å². The third kappa shape index (κ3) is 3.17. The highest BCUT2D eigenvalue weighted by atomic mass is 79.9. The number of carbonyl (C=O) groups is 1. The Kier molecular flexibility index (Phi) is 4.20. The summed E-state index contributed by atoms with van der Waals surface area (Å²) in [6, 6.07) is 9.82.